The second-order valence-electron chi connectivity index (χ2n) is 6.88. The highest BCUT2D eigenvalue weighted by atomic mass is 32.1. The maximum absolute atomic E-state index is 12.4. The predicted molar refractivity (Wildman–Crippen MR) is 103 cm³/mol. The number of hydrogen-bond acceptors (Lipinski definition) is 4. The molecule has 1 N–H and O–H groups in total. The quantitative estimate of drug-likeness (QED) is 0.742. The Morgan fingerprint density at radius 3 is 2.60 bits per heavy atom. The number of pyridine rings is 1. The van der Waals surface area contributed by atoms with Gasteiger partial charge in [0.25, 0.3) is 0 Å². The molecule has 0 unspecified atom stereocenters. The third-order valence-corrected chi connectivity index (χ3v) is 4.70. The molecule has 3 aromatic rings. The molecular formula is C20H21N3OS. The molecule has 2 aromatic heterocycles. The average Bonchev–Trinajstić information content (AvgIpc) is 3.03. The van der Waals surface area contributed by atoms with E-state index >= 15 is 0 Å². The highest BCUT2D eigenvalue weighted by Gasteiger charge is 2.19. The number of anilines is 1. The molecule has 3 rings (SSSR count). The van der Waals surface area contributed by atoms with Gasteiger partial charge in [0.1, 0.15) is 5.01 Å². The number of rotatable bonds is 4. The minimum absolute atomic E-state index is 0.0311. The summed E-state index contributed by atoms with van der Waals surface area (Å²) in [5, 5.41) is 5.77. The lowest BCUT2D eigenvalue weighted by Crippen LogP contribution is -2.20. The van der Waals surface area contributed by atoms with E-state index in [2.05, 4.69) is 42.1 Å². The third kappa shape index (κ3) is 4.31. The number of carbonyl (C=O) groups is 1. The fraction of sp³-hybridized carbons (Fsp3) is 0.250. The molecule has 0 aliphatic carbocycles. The van der Waals surface area contributed by atoms with Crippen molar-refractivity contribution >= 4 is 22.9 Å². The molecular weight excluding hydrogens is 330 g/mol. The van der Waals surface area contributed by atoms with E-state index in [4.69, 9.17) is 0 Å². The normalized spacial score (nSPS) is 11.3. The Hall–Kier alpha value is -2.53. The second kappa shape index (κ2) is 7.15. The van der Waals surface area contributed by atoms with E-state index in [1.807, 2.05) is 41.8 Å². The lowest BCUT2D eigenvalue weighted by molar-refractivity contribution is -0.115. The first-order chi connectivity index (χ1) is 11.9. The Balaban J connectivity index is 1.71. The van der Waals surface area contributed by atoms with Crippen LogP contribution in [0.1, 0.15) is 32.0 Å². The van der Waals surface area contributed by atoms with E-state index in [0.29, 0.717) is 0 Å². The summed E-state index contributed by atoms with van der Waals surface area (Å²) in [6, 6.07) is 13.7. The molecule has 1 amide bonds. The van der Waals surface area contributed by atoms with Crippen LogP contribution in [0.3, 0.4) is 0 Å². The van der Waals surface area contributed by atoms with Crippen molar-refractivity contribution in [2.45, 2.75) is 32.6 Å². The lowest BCUT2D eigenvalue weighted by Gasteiger charge is -2.22. The first kappa shape index (κ1) is 17.3. The number of amides is 1. The molecule has 0 spiro atoms. The maximum atomic E-state index is 12.4. The Morgan fingerprint density at radius 2 is 1.88 bits per heavy atom. The van der Waals surface area contributed by atoms with E-state index in [1.165, 1.54) is 11.3 Å². The van der Waals surface area contributed by atoms with Crippen molar-refractivity contribution in [3.8, 4) is 10.7 Å². The predicted octanol–water partition coefficient (Wildman–Crippen LogP) is 4.68. The van der Waals surface area contributed by atoms with Crippen molar-refractivity contribution in [3.05, 3.63) is 65.3 Å². The van der Waals surface area contributed by atoms with Gasteiger partial charge in [0.05, 0.1) is 17.8 Å². The van der Waals surface area contributed by atoms with E-state index in [0.717, 1.165) is 27.6 Å². The van der Waals surface area contributed by atoms with Gasteiger partial charge in [0, 0.05) is 17.3 Å². The van der Waals surface area contributed by atoms with E-state index in [-0.39, 0.29) is 17.7 Å². The highest BCUT2D eigenvalue weighted by Crippen LogP contribution is 2.29. The van der Waals surface area contributed by atoms with Crippen LogP contribution in [0.5, 0.6) is 0 Å². The number of benzene rings is 1. The molecule has 0 saturated heterocycles. The monoisotopic (exact) mass is 351 g/mol. The molecule has 25 heavy (non-hydrogen) atoms. The number of nitrogens with zero attached hydrogens (tertiary/aromatic N) is 2. The average molecular weight is 351 g/mol. The Kier molecular flexibility index (Phi) is 4.95. The van der Waals surface area contributed by atoms with Crippen molar-refractivity contribution in [1.82, 2.24) is 9.97 Å². The Labute approximate surface area is 152 Å². The van der Waals surface area contributed by atoms with Crippen LogP contribution in [0, 0.1) is 0 Å². The SMILES string of the molecule is CC(C)(C)c1ccccc1NC(=O)Cc1csc(-c2ccccn2)n1. The molecule has 0 aliphatic heterocycles. The number of nitrogens with one attached hydrogen (secondary N) is 1. The van der Waals surface area contributed by atoms with Crippen molar-refractivity contribution < 1.29 is 4.79 Å². The first-order valence-electron chi connectivity index (χ1n) is 8.18. The Bertz CT molecular complexity index is 866. The van der Waals surface area contributed by atoms with E-state index < -0.39 is 0 Å². The minimum atomic E-state index is -0.0606. The van der Waals surface area contributed by atoms with Gasteiger partial charge in [0.15, 0.2) is 0 Å². The summed E-state index contributed by atoms with van der Waals surface area (Å²) in [5.41, 5.74) is 3.54. The zero-order valence-corrected chi connectivity index (χ0v) is 15.4. The molecule has 0 atom stereocenters. The minimum Gasteiger partial charge on any atom is -0.325 e. The molecule has 0 aliphatic rings. The van der Waals surface area contributed by atoms with Gasteiger partial charge in [-0.3, -0.25) is 9.78 Å². The fourth-order valence-corrected chi connectivity index (χ4v) is 3.40. The summed E-state index contributed by atoms with van der Waals surface area (Å²) in [6.07, 6.45) is 1.99. The van der Waals surface area contributed by atoms with Crippen molar-refractivity contribution in [1.29, 1.82) is 0 Å². The summed E-state index contributed by atoms with van der Waals surface area (Å²) in [6.45, 7) is 6.41. The number of hydrogen-bond donors (Lipinski definition) is 1. The van der Waals surface area contributed by atoms with Crippen LogP contribution >= 0.6 is 11.3 Å². The van der Waals surface area contributed by atoms with Gasteiger partial charge in [-0.15, -0.1) is 11.3 Å². The van der Waals surface area contributed by atoms with Crippen molar-refractivity contribution in [2.75, 3.05) is 5.32 Å². The fourth-order valence-electron chi connectivity index (χ4n) is 2.60. The molecule has 0 fully saturated rings. The van der Waals surface area contributed by atoms with Crippen molar-refractivity contribution in [2.24, 2.45) is 0 Å². The summed E-state index contributed by atoms with van der Waals surface area (Å²) in [5.74, 6) is -0.0606. The summed E-state index contributed by atoms with van der Waals surface area (Å²) in [4.78, 5) is 21.3. The van der Waals surface area contributed by atoms with Gasteiger partial charge in [0.2, 0.25) is 5.91 Å². The number of para-hydroxylation sites is 1. The molecule has 2 heterocycles. The van der Waals surface area contributed by atoms with Crippen LogP contribution in [-0.2, 0) is 16.6 Å². The van der Waals surface area contributed by atoms with E-state index in [1.54, 1.807) is 6.20 Å². The van der Waals surface area contributed by atoms with Crippen LogP contribution in [0.25, 0.3) is 10.7 Å². The van der Waals surface area contributed by atoms with Gasteiger partial charge < -0.3 is 5.32 Å². The molecule has 0 bridgehead atoms. The van der Waals surface area contributed by atoms with Crippen molar-refractivity contribution in [3.63, 3.8) is 0 Å². The number of thiazole rings is 1. The van der Waals surface area contributed by atoms with E-state index in [9.17, 15) is 4.79 Å². The smallest absolute Gasteiger partial charge is 0.230 e. The largest absolute Gasteiger partial charge is 0.325 e. The lowest BCUT2D eigenvalue weighted by atomic mass is 9.86. The number of aromatic nitrogens is 2. The summed E-state index contributed by atoms with van der Waals surface area (Å²) < 4.78 is 0. The maximum Gasteiger partial charge on any atom is 0.230 e. The molecule has 0 radical (unpaired) electrons. The van der Waals surface area contributed by atoms with Crippen LogP contribution < -0.4 is 5.32 Å². The summed E-state index contributed by atoms with van der Waals surface area (Å²) >= 11 is 1.50. The number of carbonyl (C=O) groups excluding carboxylic acids is 1. The Morgan fingerprint density at radius 1 is 1.12 bits per heavy atom. The second-order valence-corrected chi connectivity index (χ2v) is 7.74. The standard InChI is InChI=1S/C20H21N3OS/c1-20(2,3)15-8-4-5-9-16(15)23-18(24)12-14-13-25-19(22-14)17-10-6-7-11-21-17/h4-11,13H,12H2,1-3H3,(H,23,24). The zero-order valence-electron chi connectivity index (χ0n) is 14.6. The molecule has 5 heteroatoms. The topological polar surface area (TPSA) is 54.9 Å². The van der Waals surface area contributed by atoms with Gasteiger partial charge in [-0.05, 0) is 29.2 Å². The zero-order chi connectivity index (χ0) is 17.9. The van der Waals surface area contributed by atoms with Crippen LogP contribution in [-0.4, -0.2) is 15.9 Å². The first-order valence-corrected chi connectivity index (χ1v) is 9.06. The molecule has 128 valence electrons. The molecule has 0 saturated carbocycles. The van der Waals surface area contributed by atoms with Crippen LogP contribution in [0.2, 0.25) is 0 Å². The van der Waals surface area contributed by atoms with Gasteiger partial charge in [-0.1, -0.05) is 45.0 Å². The summed E-state index contributed by atoms with van der Waals surface area (Å²) in [7, 11) is 0. The van der Waals surface area contributed by atoms with Crippen LogP contribution in [0.15, 0.2) is 54.0 Å². The molecule has 1 aromatic carbocycles. The van der Waals surface area contributed by atoms with Gasteiger partial charge in [-0.25, -0.2) is 4.98 Å². The van der Waals surface area contributed by atoms with Gasteiger partial charge >= 0.3 is 0 Å². The molecule has 4 nitrogen and oxygen atoms in total. The van der Waals surface area contributed by atoms with Crippen LogP contribution in [0.4, 0.5) is 5.69 Å². The van der Waals surface area contributed by atoms with Gasteiger partial charge in [-0.2, -0.15) is 0 Å². The third-order valence-electron chi connectivity index (χ3n) is 3.79. The highest BCUT2D eigenvalue weighted by molar-refractivity contribution is 7.13.